The summed E-state index contributed by atoms with van der Waals surface area (Å²) in [5.41, 5.74) is -4.60. The molecule has 3 aliphatic heterocycles. The Morgan fingerprint density at radius 1 is 0.982 bits per heavy atom. The maximum Gasteiger partial charge on any atom is 0.311 e. The Labute approximate surface area is 326 Å². The minimum atomic E-state index is -1.84. The Morgan fingerprint density at radius 3 is 2.15 bits per heavy atom. The zero-order valence-electron chi connectivity index (χ0n) is 35.4. The predicted molar refractivity (Wildman–Crippen MR) is 200 cm³/mol. The van der Waals surface area contributed by atoms with Crippen molar-refractivity contribution in [2.45, 2.75) is 185 Å². The van der Waals surface area contributed by atoms with E-state index in [9.17, 15) is 35.3 Å². The predicted octanol–water partition coefficient (Wildman–Crippen LogP) is 2.12. The molecule has 3 aliphatic rings. The van der Waals surface area contributed by atoms with Crippen LogP contribution in [0.2, 0.25) is 0 Å². The monoisotopic (exact) mass is 793 g/mol. The van der Waals surface area contributed by atoms with Crippen LogP contribution in [0.1, 0.15) is 94.9 Å². The second-order valence-corrected chi connectivity index (χ2v) is 17.5. The van der Waals surface area contributed by atoms with E-state index in [0.717, 1.165) is 0 Å². The van der Waals surface area contributed by atoms with Gasteiger partial charge in [0.2, 0.25) is 0 Å². The molecule has 17 heteroatoms. The van der Waals surface area contributed by atoms with Crippen LogP contribution in [-0.4, -0.2) is 166 Å². The highest BCUT2D eigenvalue weighted by Gasteiger charge is 2.53. The highest BCUT2D eigenvalue weighted by Crippen LogP contribution is 2.40. The molecule has 322 valence electrons. The highest BCUT2D eigenvalue weighted by atomic mass is 17.0. The summed E-state index contributed by atoms with van der Waals surface area (Å²) >= 11 is 0. The quantitative estimate of drug-likeness (QED) is 0.150. The van der Waals surface area contributed by atoms with Gasteiger partial charge in [-0.2, -0.15) is 0 Å². The Kier molecular flexibility index (Phi) is 16.3. The molecule has 0 aromatic rings. The maximum atomic E-state index is 14.3. The molecule has 0 aromatic carbocycles. The molecule has 18 unspecified atom stereocenters. The second kappa shape index (κ2) is 18.9. The average molecular weight is 794 g/mol. The summed E-state index contributed by atoms with van der Waals surface area (Å²) in [6.45, 7) is 17.5. The fourth-order valence-corrected chi connectivity index (χ4v) is 8.93. The molecule has 0 amide bonds. The summed E-state index contributed by atoms with van der Waals surface area (Å²) in [4.78, 5) is 35.0. The molecule has 55 heavy (non-hydrogen) atoms. The molecule has 0 aliphatic carbocycles. The summed E-state index contributed by atoms with van der Waals surface area (Å²) in [5.74, 6) is -2.93. The number of nitrogens with zero attached hydrogens (tertiary/aromatic N) is 3. The first kappa shape index (κ1) is 47.6. The van der Waals surface area contributed by atoms with Crippen LogP contribution in [0.25, 0.3) is 0 Å². The average Bonchev–Trinajstić information content (AvgIpc) is 3.08. The smallest absolute Gasteiger partial charge is 0.311 e. The fraction of sp³-hybridized carbons (Fsp3) is 0.974. The van der Waals surface area contributed by atoms with Crippen molar-refractivity contribution in [1.29, 1.82) is 0 Å². The molecule has 0 bridgehead atoms. The van der Waals surface area contributed by atoms with Gasteiger partial charge in [0.05, 0.1) is 41.5 Å². The molecule has 3 fully saturated rings. The van der Waals surface area contributed by atoms with Crippen LogP contribution in [0.4, 0.5) is 0 Å². The van der Waals surface area contributed by atoms with E-state index in [1.54, 1.807) is 74.5 Å². The van der Waals surface area contributed by atoms with Crippen molar-refractivity contribution in [3.63, 3.8) is 0 Å². The first-order chi connectivity index (χ1) is 25.3. The summed E-state index contributed by atoms with van der Waals surface area (Å²) in [5, 5.41) is 57.7. The number of aliphatic hydroxyl groups is 4. The van der Waals surface area contributed by atoms with Crippen molar-refractivity contribution in [3.8, 4) is 0 Å². The molecule has 0 radical (unpaired) electrons. The molecule has 18 atom stereocenters. The molecule has 0 saturated carbocycles. The maximum absolute atomic E-state index is 14.3. The van der Waals surface area contributed by atoms with E-state index < -0.39 is 113 Å². The lowest BCUT2D eigenvalue weighted by atomic mass is 9.77. The van der Waals surface area contributed by atoms with E-state index in [-0.39, 0.29) is 25.2 Å². The molecule has 3 heterocycles. The Hall–Kier alpha value is -1.77. The fourth-order valence-electron chi connectivity index (χ4n) is 8.93. The van der Waals surface area contributed by atoms with Gasteiger partial charge in [-0.25, -0.2) is 0 Å². The molecular weight excluding hydrogens is 722 g/mol. The third kappa shape index (κ3) is 11.0. The van der Waals surface area contributed by atoms with Crippen LogP contribution in [0.3, 0.4) is 0 Å². The molecule has 4 N–H and O–H groups in total. The van der Waals surface area contributed by atoms with E-state index in [1.165, 1.54) is 14.0 Å². The zero-order valence-corrected chi connectivity index (χ0v) is 35.4. The number of carbonyl (C=O) groups excluding carboxylic acids is 1. The Bertz CT molecular complexity index is 1260. The van der Waals surface area contributed by atoms with Crippen LogP contribution in [0, 0.1) is 27.9 Å². The van der Waals surface area contributed by atoms with Crippen LogP contribution in [-0.2, 0) is 38.1 Å². The second-order valence-electron chi connectivity index (χ2n) is 17.5. The number of hydrogen-bond acceptors (Lipinski definition) is 16. The van der Waals surface area contributed by atoms with Crippen molar-refractivity contribution < 1.29 is 63.6 Å². The van der Waals surface area contributed by atoms with Crippen molar-refractivity contribution in [2.75, 3.05) is 34.8 Å². The largest absolute Gasteiger partial charge is 0.459 e. The molecule has 0 spiro atoms. The summed E-state index contributed by atoms with van der Waals surface area (Å²) < 4.78 is 37.5. The first-order valence-electron chi connectivity index (χ1n) is 19.7. The lowest BCUT2D eigenvalue weighted by molar-refractivity contribution is -0.775. The van der Waals surface area contributed by atoms with E-state index in [4.69, 9.17) is 33.3 Å². The number of hydrogen-bond donors (Lipinski definition) is 4. The van der Waals surface area contributed by atoms with Crippen LogP contribution in [0.5, 0.6) is 0 Å². The van der Waals surface area contributed by atoms with E-state index in [0.29, 0.717) is 13.0 Å². The number of likely N-dealkylation sites (N-methyl/N-ethyl adjacent to an activating group) is 2. The molecule has 0 aromatic heterocycles. The van der Waals surface area contributed by atoms with Gasteiger partial charge < -0.3 is 63.5 Å². The van der Waals surface area contributed by atoms with Gasteiger partial charge in [-0.15, -0.1) is 10.1 Å². The van der Waals surface area contributed by atoms with Crippen molar-refractivity contribution in [2.24, 2.45) is 17.8 Å². The lowest BCUT2D eigenvalue weighted by Crippen LogP contribution is -2.61. The van der Waals surface area contributed by atoms with Crippen LogP contribution < -0.4 is 0 Å². The van der Waals surface area contributed by atoms with Crippen molar-refractivity contribution in [3.05, 3.63) is 10.1 Å². The summed E-state index contributed by atoms with van der Waals surface area (Å²) in [7, 11) is 6.84. The van der Waals surface area contributed by atoms with Gasteiger partial charge in [-0.05, 0) is 94.8 Å². The molecule has 3 saturated heterocycles. The van der Waals surface area contributed by atoms with Crippen LogP contribution >= 0.6 is 0 Å². The minimum Gasteiger partial charge on any atom is -0.459 e. The SMILES string of the molecule is CCC1OC(=O)C(C)C(OC2CC(C)(OC)C(O)C(C)O2)C(C)C(OC2OC(C)CC(N(C)C)C2O[N+](=O)[O-])C(C)(O)CC(C)CN(C)C(C)C(O)C1(C)O. The summed E-state index contributed by atoms with van der Waals surface area (Å²) in [6, 6.07) is -1.08. The van der Waals surface area contributed by atoms with Gasteiger partial charge in [-0.3, -0.25) is 4.79 Å². The summed E-state index contributed by atoms with van der Waals surface area (Å²) in [6.07, 6.45) is -9.58. The van der Waals surface area contributed by atoms with Crippen LogP contribution in [0.15, 0.2) is 0 Å². The Morgan fingerprint density at radius 2 is 1.60 bits per heavy atom. The van der Waals surface area contributed by atoms with Gasteiger partial charge in [0, 0.05) is 38.1 Å². The van der Waals surface area contributed by atoms with Gasteiger partial charge in [0.25, 0.3) is 5.09 Å². The van der Waals surface area contributed by atoms with E-state index >= 15 is 0 Å². The number of cyclic esters (lactones) is 1. The van der Waals surface area contributed by atoms with Crippen molar-refractivity contribution >= 4 is 5.97 Å². The number of carbonyl (C=O) groups is 1. The lowest BCUT2D eigenvalue weighted by Gasteiger charge is -2.49. The number of esters is 1. The first-order valence-corrected chi connectivity index (χ1v) is 19.7. The number of aliphatic hydroxyl groups excluding tert-OH is 2. The minimum absolute atomic E-state index is 0.0776. The number of methoxy groups -OCH3 is 1. The highest BCUT2D eigenvalue weighted by molar-refractivity contribution is 5.73. The van der Waals surface area contributed by atoms with Gasteiger partial charge in [0.15, 0.2) is 18.7 Å². The van der Waals surface area contributed by atoms with Crippen molar-refractivity contribution in [1.82, 2.24) is 9.80 Å². The third-order valence-electron chi connectivity index (χ3n) is 12.4. The molecular formula is C38H71N3O14. The normalized spacial score (nSPS) is 47.4. The van der Waals surface area contributed by atoms with Gasteiger partial charge in [0.1, 0.15) is 23.9 Å². The topological polar surface area (TPSA) is 212 Å². The standard InChI is InChI=1S/C38H71N3O14/c1-15-27-38(10,46)31(42)24(6)40(13)19-20(2)17-36(8,45)33(54-35-30(55-41(47)48)26(39(11)12)16-21(3)50-35)22(4)29(23(5)34(44)52-27)53-28-18-37(9,49-14)32(43)25(7)51-28/h20-33,35,42-43,45-46H,15-19H2,1-14H3. The van der Waals surface area contributed by atoms with Gasteiger partial charge >= 0.3 is 5.97 Å². The molecule has 3 rings (SSSR count). The molecule has 17 nitrogen and oxygen atoms in total. The Balaban J connectivity index is 2.23. The van der Waals surface area contributed by atoms with E-state index in [2.05, 4.69) is 0 Å². The van der Waals surface area contributed by atoms with E-state index in [1.807, 2.05) is 18.7 Å². The zero-order chi connectivity index (χ0) is 42.0. The number of rotatable bonds is 9. The third-order valence-corrected chi connectivity index (χ3v) is 12.4. The number of ether oxygens (including phenoxy) is 6. The van der Waals surface area contributed by atoms with Gasteiger partial charge in [-0.1, -0.05) is 20.8 Å².